The predicted molar refractivity (Wildman–Crippen MR) is 191 cm³/mol. The van der Waals surface area contributed by atoms with Gasteiger partial charge < -0.3 is 15.7 Å². The number of fused-ring (bicyclic) bond motifs is 1. The topological polar surface area (TPSA) is 147 Å². The van der Waals surface area contributed by atoms with Crippen molar-refractivity contribution in [2.45, 2.75) is 69.0 Å². The molecule has 254 valence electrons. The van der Waals surface area contributed by atoms with Gasteiger partial charge >= 0.3 is 6.09 Å². The summed E-state index contributed by atoms with van der Waals surface area (Å²) < 4.78 is 28.5. The molecule has 11 nitrogen and oxygen atoms in total. The number of carbonyl (C=O) groups is 2. The van der Waals surface area contributed by atoms with Crippen molar-refractivity contribution in [3.8, 4) is 11.3 Å². The molecule has 1 aliphatic rings. The zero-order chi connectivity index (χ0) is 34.9. The second kappa shape index (κ2) is 13.5. The highest BCUT2D eigenvalue weighted by Crippen LogP contribution is 2.36. The summed E-state index contributed by atoms with van der Waals surface area (Å²) in [6.07, 6.45) is 5.13. The number of amides is 2. The Morgan fingerprint density at radius 1 is 0.959 bits per heavy atom. The molecule has 2 atom stereocenters. The van der Waals surface area contributed by atoms with E-state index in [1.54, 1.807) is 72.9 Å². The van der Waals surface area contributed by atoms with Crippen molar-refractivity contribution >= 4 is 56.2 Å². The van der Waals surface area contributed by atoms with E-state index < -0.39 is 21.7 Å². The number of rotatable bonds is 8. The standard InChI is InChI=1S/C36H37ClN6O5S/c1-36(2,3)43(35(45)46)26-18-16-23(17-19-26)33(44)39-24-10-9-11-25(20-24)40-34-38-21-30(37)32(41-34)29-22-42(31-15-8-7-14-28(29)31)49(47,48)27-12-5-4-6-13-27/h4-8,12-19,21-22,24-25H,9-11,20H2,1-3H3,(H,39,44)(H,45,46)(H,38,40,41)/t24-,25+/m0/s1. The van der Waals surface area contributed by atoms with Crippen LogP contribution in [0.25, 0.3) is 22.2 Å². The molecule has 0 saturated heterocycles. The number of hydrogen-bond donors (Lipinski definition) is 3. The molecule has 2 aromatic heterocycles. The molecule has 2 amide bonds. The molecule has 1 aliphatic carbocycles. The summed E-state index contributed by atoms with van der Waals surface area (Å²) in [6.45, 7) is 5.43. The summed E-state index contributed by atoms with van der Waals surface area (Å²) in [5.74, 6) is 0.109. The highest BCUT2D eigenvalue weighted by Gasteiger charge is 2.29. The Morgan fingerprint density at radius 2 is 1.63 bits per heavy atom. The summed E-state index contributed by atoms with van der Waals surface area (Å²) >= 11 is 6.63. The molecule has 0 aliphatic heterocycles. The highest BCUT2D eigenvalue weighted by atomic mass is 35.5. The zero-order valence-electron chi connectivity index (χ0n) is 27.3. The van der Waals surface area contributed by atoms with Gasteiger partial charge in [0, 0.05) is 46.0 Å². The fraction of sp³-hybridized carbons (Fsp3) is 0.278. The van der Waals surface area contributed by atoms with Gasteiger partial charge in [-0.05, 0) is 88.9 Å². The first-order chi connectivity index (χ1) is 23.3. The van der Waals surface area contributed by atoms with Crippen LogP contribution in [0.1, 0.15) is 56.8 Å². The number of halogens is 1. The van der Waals surface area contributed by atoms with Crippen LogP contribution in [0.2, 0.25) is 5.02 Å². The van der Waals surface area contributed by atoms with E-state index in [1.165, 1.54) is 15.1 Å². The molecule has 0 spiro atoms. The number of para-hydroxylation sites is 1. The van der Waals surface area contributed by atoms with Gasteiger partial charge in [0.05, 0.1) is 27.3 Å². The smallest absolute Gasteiger partial charge is 0.412 e. The van der Waals surface area contributed by atoms with E-state index in [1.807, 2.05) is 32.9 Å². The Hall–Kier alpha value is -4.94. The monoisotopic (exact) mass is 700 g/mol. The Morgan fingerprint density at radius 3 is 2.33 bits per heavy atom. The van der Waals surface area contributed by atoms with Crippen LogP contribution in [0.5, 0.6) is 0 Å². The Labute approximate surface area is 290 Å². The van der Waals surface area contributed by atoms with Crippen LogP contribution < -0.4 is 15.5 Å². The third kappa shape index (κ3) is 7.11. The predicted octanol–water partition coefficient (Wildman–Crippen LogP) is 7.42. The van der Waals surface area contributed by atoms with Crippen molar-refractivity contribution in [2.24, 2.45) is 0 Å². The van der Waals surface area contributed by atoms with Crippen molar-refractivity contribution in [3.63, 3.8) is 0 Å². The van der Waals surface area contributed by atoms with Gasteiger partial charge in [0.15, 0.2) is 0 Å². The van der Waals surface area contributed by atoms with E-state index in [-0.39, 0.29) is 27.9 Å². The van der Waals surface area contributed by atoms with E-state index in [4.69, 9.17) is 16.6 Å². The van der Waals surface area contributed by atoms with Gasteiger partial charge in [-0.2, -0.15) is 0 Å². The van der Waals surface area contributed by atoms with Crippen molar-refractivity contribution in [2.75, 3.05) is 10.2 Å². The molecule has 5 aromatic rings. The summed E-state index contributed by atoms with van der Waals surface area (Å²) in [7, 11) is -3.90. The summed E-state index contributed by atoms with van der Waals surface area (Å²) in [5.41, 5.74) is 1.74. The molecule has 3 N–H and O–H groups in total. The van der Waals surface area contributed by atoms with E-state index in [0.717, 1.165) is 19.3 Å². The molecule has 1 fully saturated rings. The fourth-order valence-corrected chi connectivity index (χ4v) is 7.90. The summed E-state index contributed by atoms with van der Waals surface area (Å²) in [5, 5.41) is 17.2. The van der Waals surface area contributed by atoms with Crippen LogP contribution in [0.4, 0.5) is 16.4 Å². The van der Waals surface area contributed by atoms with E-state index >= 15 is 0 Å². The quantitative estimate of drug-likeness (QED) is 0.152. The Kier molecular flexibility index (Phi) is 9.37. The fourth-order valence-electron chi connectivity index (χ4n) is 6.32. The minimum atomic E-state index is -3.90. The van der Waals surface area contributed by atoms with Gasteiger partial charge in [0.2, 0.25) is 5.95 Å². The number of anilines is 2. The average molecular weight is 701 g/mol. The van der Waals surface area contributed by atoms with Crippen LogP contribution in [-0.2, 0) is 10.0 Å². The molecule has 0 radical (unpaired) electrons. The van der Waals surface area contributed by atoms with Crippen LogP contribution in [0, 0.1) is 0 Å². The third-order valence-electron chi connectivity index (χ3n) is 8.57. The Balaban J connectivity index is 1.18. The van der Waals surface area contributed by atoms with Crippen LogP contribution in [0.3, 0.4) is 0 Å². The first-order valence-corrected chi connectivity index (χ1v) is 17.8. The van der Waals surface area contributed by atoms with Gasteiger partial charge in [-0.15, -0.1) is 0 Å². The maximum Gasteiger partial charge on any atom is 0.412 e. The number of carboxylic acid groups (broad SMARTS) is 1. The van der Waals surface area contributed by atoms with E-state index in [0.29, 0.717) is 45.8 Å². The van der Waals surface area contributed by atoms with Gasteiger partial charge in [-0.1, -0.05) is 48.0 Å². The SMILES string of the molecule is CC(C)(C)N(C(=O)O)c1ccc(C(=O)N[C@H]2CCC[C@@H](Nc3ncc(Cl)c(-c4cn(S(=O)(=O)c5ccccc5)c5ccccc45)n3)C2)cc1. The normalized spacial score (nSPS) is 16.7. The number of aromatic nitrogens is 3. The van der Waals surface area contributed by atoms with Crippen LogP contribution in [0.15, 0.2) is 96.2 Å². The molecular formula is C36H37ClN6O5S. The largest absolute Gasteiger partial charge is 0.465 e. The molecule has 13 heteroatoms. The lowest BCUT2D eigenvalue weighted by molar-refractivity contribution is 0.0926. The second-order valence-electron chi connectivity index (χ2n) is 13.1. The van der Waals surface area contributed by atoms with Crippen LogP contribution in [-0.4, -0.2) is 57.1 Å². The van der Waals surface area contributed by atoms with Gasteiger partial charge in [0.1, 0.15) is 0 Å². The number of carbonyl (C=O) groups excluding carboxylic acids is 1. The zero-order valence-corrected chi connectivity index (χ0v) is 28.9. The average Bonchev–Trinajstić information content (AvgIpc) is 3.46. The molecular weight excluding hydrogens is 664 g/mol. The van der Waals surface area contributed by atoms with Crippen molar-refractivity contribution in [1.82, 2.24) is 19.3 Å². The third-order valence-corrected chi connectivity index (χ3v) is 10.5. The van der Waals surface area contributed by atoms with Crippen molar-refractivity contribution in [3.05, 3.63) is 102 Å². The molecule has 3 aromatic carbocycles. The Bertz CT molecular complexity index is 2110. The van der Waals surface area contributed by atoms with Crippen LogP contribution >= 0.6 is 11.6 Å². The molecule has 0 unspecified atom stereocenters. The lowest BCUT2D eigenvalue weighted by Crippen LogP contribution is -2.45. The molecule has 6 rings (SSSR count). The number of hydrogen-bond acceptors (Lipinski definition) is 7. The highest BCUT2D eigenvalue weighted by molar-refractivity contribution is 7.90. The minimum absolute atomic E-state index is 0.0360. The maximum atomic E-state index is 13.6. The van der Waals surface area contributed by atoms with Gasteiger partial charge in [-0.25, -0.2) is 27.2 Å². The summed E-state index contributed by atoms with van der Waals surface area (Å²) in [4.78, 5) is 35.6. The summed E-state index contributed by atoms with van der Waals surface area (Å²) in [6, 6.07) is 21.9. The molecule has 49 heavy (non-hydrogen) atoms. The number of benzene rings is 3. The second-order valence-corrected chi connectivity index (χ2v) is 15.3. The number of nitrogens with zero attached hydrogens (tertiary/aromatic N) is 4. The van der Waals surface area contributed by atoms with Gasteiger partial charge in [-0.3, -0.25) is 9.69 Å². The van der Waals surface area contributed by atoms with Gasteiger partial charge in [0.25, 0.3) is 15.9 Å². The minimum Gasteiger partial charge on any atom is -0.465 e. The first-order valence-electron chi connectivity index (χ1n) is 16.0. The lowest BCUT2D eigenvalue weighted by atomic mass is 9.91. The molecule has 2 heterocycles. The van der Waals surface area contributed by atoms with E-state index in [9.17, 15) is 23.1 Å². The lowest BCUT2D eigenvalue weighted by Gasteiger charge is -2.33. The molecule has 1 saturated carbocycles. The molecule has 0 bridgehead atoms. The maximum absolute atomic E-state index is 13.6. The van der Waals surface area contributed by atoms with E-state index in [2.05, 4.69) is 15.6 Å². The van der Waals surface area contributed by atoms with Crippen molar-refractivity contribution in [1.29, 1.82) is 0 Å². The number of nitrogens with one attached hydrogen (secondary N) is 2. The first kappa shape index (κ1) is 33.9. The van der Waals surface area contributed by atoms with Crippen molar-refractivity contribution < 1.29 is 23.1 Å².